The fourth-order valence-electron chi connectivity index (χ4n) is 4.67. The van der Waals surface area contributed by atoms with E-state index < -0.39 is 6.04 Å². The van der Waals surface area contributed by atoms with Crippen molar-refractivity contribution in [2.45, 2.75) is 46.7 Å². The molecule has 1 aliphatic rings. The van der Waals surface area contributed by atoms with Gasteiger partial charge in [0.25, 0.3) is 0 Å². The average Bonchev–Trinajstić information content (AvgIpc) is 3.16. The third-order valence-corrected chi connectivity index (χ3v) is 7.53. The minimum atomic E-state index is -0.777. The average molecular weight is 602 g/mol. The van der Waals surface area contributed by atoms with Crippen LogP contribution in [0.5, 0.6) is 0 Å². The first-order valence-electron chi connectivity index (χ1n) is 12.8. The lowest BCUT2D eigenvalue weighted by Gasteiger charge is -2.24. The highest BCUT2D eigenvalue weighted by Gasteiger charge is 2.26. The van der Waals surface area contributed by atoms with E-state index in [2.05, 4.69) is 41.3 Å². The van der Waals surface area contributed by atoms with E-state index in [-0.39, 0.29) is 29.8 Å². The number of nitrogens with one attached hydrogen (secondary N) is 1. The molecule has 0 saturated carbocycles. The third kappa shape index (κ3) is 5.16. The number of aryl methyl sites for hydroxylation is 2. The van der Waals surface area contributed by atoms with Crippen molar-refractivity contribution in [3.63, 3.8) is 0 Å². The number of benzene rings is 1. The molecule has 204 valence electrons. The van der Waals surface area contributed by atoms with Crippen molar-refractivity contribution in [1.82, 2.24) is 29.6 Å². The molecule has 3 heterocycles. The summed E-state index contributed by atoms with van der Waals surface area (Å²) >= 11 is 3.31. The van der Waals surface area contributed by atoms with Gasteiger partial charge in [0.1, 0.15) is 34.5 Å². The molecule has 1 aliphatic carbocycles. The van der Waals surface area contributed by atoms with Crippen LogP contribution in [0.15, 0.2) is 41.1 Å². The van der Waals surface area contributed by atoms with Crippen LogP contribution in [-0.4, -0.2) is 60.3 Å². The number of likely N-dealkylation sites (N-methyl/N-ethyl adjacent to an activating group) is 1. The normalized spacial score (nSPS) is 12.8. The van der Waals surface area contributed by atoms with E-state index in [1.807, 2.05) is 50.4 Å². The van der Waals surface area contributed by atoms with Crippen molar-refractivity contribution < 1.29 is 14.4 Å². The second-order valence-electron chi connectivity index (χ2n) is 9.87. The van der Waals surface area contributed by atoms with Crippen LogP contribution < -0.4 is 5.32 Å². The molecule has 5 rings (SSSR count). The van der Waals surface area contributed by atoms with Crippen molar-refractivity contribution in [3.8, 4) is 11.1 Å². The van der Waals surface area contributed by atoms with E-state index in [0.29, 0.717) is 33.6 Å². The molecule has 0 radical (unpaired) electrons. The molecule has 10 nitrogen and oxygen atoms in total. The van der Waals surface area contributed by atoms with Gasteiger partial charge in [-0.2, -0.15) is 5.10 Å². The third-order valence-electron chi connectivity index (χ3n) is 7.09. The Morgan fingerprint density at radius 2 is 1.93 bits per heavy atom. The molecule has 0 fully saturated rings. The lowest BCUT2D eigenvalue weighted by Crippen LogP contribution is -2.44. The Kier molecular flexibility index (Phi) is 7.33. The van der Waals surface area contributed by atoms with Crippen molar-refractivity contribution in [1.29, 1.82) is 0 Å². The number of ketones is 1. The van der Waals surface area contributed by atoms with Crippen LogP contribution in [0.2, 0.25) is 0 Å². The van der Waals surface area contributed by atoms with Crippen molar-refractivity contribution in [2.75, 3.05) is 12.4 Å². The summed E-state index contributed by atoms with van der Waals surface area (Å²) < 4.78 is 2.12. The van der Waals surface area contributed by atoms with Gasteiger partial charge in [0.15, 0.2) is 5.78 Å². The number of rotatable bonds is 6. The zero-order valence-corrected chi connectivity index (χ0v) is 24.4. The fourth-order valence-corrected chi connectivity index (χ4v) is 4.98. The molecule has 4 aromatic rings. The molecule has 0 aliphatic heterocycles. The number of nitrogens with zero attached hydrogens (tertiary/aromatic N) is 6. The molecule has 0 bridgehead atoms. The summed E-state index contributed by atoms with van der Waals surface area (Å²) in [4.78, 5) is 53.5. The number of allylic oxidation sites excluding steroid dienone is 1. The molecule has 1 N–H and O–H groups in total. The van der Waals surface area contributed by atoms with Crippen LogP contribution in [-0.2, 0) is 22.6 Å². The number of fused-ring (bicyclic) bond motifs is 4. The molecular formula is C29H28BrN7O3. The van der Waals surface area contributed by atoms with Gasteiger partial charge in [-0.15, -0.1) is 0 Å². The molecule has 11 heteroatoms. The topological polar surface area (TPSA) is 123 Å². The van der Waals surface area contributed by atoms with Crippen LogP contribution >= 0.6 is 15.9 Å². The molecule has 0 spiro atoms. The zero-order chi connectivity index (χ0) is 28.7. The van der Waals surface area contributed by atoms with Gasteiger partial charge in [-0.3, -0.25) is 19.1 Å². The summed E-state index contributed by atoms with van der Waals surface area (Å²) in [6.45, 7) is 6.65. The molecule has 1 atom stereocenters. The zero-order valence-electron chi connectivity index (χ0n) is 22.8. The summed E-state index contributed by atoms with van der Waals surface area (Å²) in [5.41, 5.74) is 5.37. The first kappa shape index (κ1) is 27.3. The molecule has 40 heavy (non-hydrogen) atoms. The first-order chi connectivity index (χ1) is 19.0. The quantitative estimate of drug-likeness (QED) is 0.254. The minimum absolute atomic E-state index is 0.145. The number of carbonyl (C=O) groups excluding carboxylic acids is 3. The van der Waals surface area contributed by atoms with Crippen LogP contribution in [0.1, 0.15) is 47.0 Å². The number of amides is 2. The second-order valence-corrected chi connectivity index (χ2v) is 10.7. The standard InChI is InChI=1S/C29H28BrN7O3/c1-15-9-10-25(30)33-28(15)34-29(40)16(2)36(5)26(39)14-37-24-11-19-7-6-8-23-22(13-31-18(4)32-23)20(19)12-21(24)27(35-37)17(3)38/h6-7,9-13,16H,8,14H2,1-5H3,(H,33,34,40)/t16-/m0/s1. The van der Waals surface area contributed by atoms with Crippen LogP contribution in [0.4, 0.5) is 5.82 Å². The lowest BCUT2D eigenvalue weighted by atomic mass is 9.97. The minimum Gasteiger partial charge on any atom is -0.332 e. The molecule has 0 unspecified atom stereocenters. The van der Waals surface area contributed by atoms with E-state index in [4.69, 9.17) is 0 Å². The van der Waals surface area contributed by atoms with Gasteiger partial charge in [-0.1, -0.05) is 18.2 Å². The Labute approximate surface area is 239 Å². The Morgan fingerprint density at radius 3 is 2.67 bits per heavy atom. The summed E-state index contributed by atoms with van der Waals surface area (Å²) in [6.07, 6.45) is 6.52. The van der Waals surface area contributed by atoms with Gasteiger partial charge in [0.2, 0.25) is 11.8 Å². The van der Waals surface area contributed by atoms with Gasteiger partial charge in [0.05, 0.1) is 11.2 Å². The van der Waals surface area contributed by atoms with E-state index in [1.54, 1.807) is 20.0 Å². The molecule has 0 saturated heterocycles. The van der Waals surface area contributed by atoms with Crippen molar-refractivity contribution >= 4 is 56.3 Å². The van der Waals surface area contributed by atoms with Crippen molar-refractivity contribution in [3.05, 3.63) is 69.5 Å². The summed E-state index contributed by atoms with van der Waals surface area (Å²) in [7, 11) is 1.57. The SMILES string of the molecule is CC(=O)c1nn(CC(=O)N(C)[C@@H](C)C(=O)Nc2nc(Br)ccc2C)c2cc3c(cc12)-c1cnc(C)nc1CC=C3. The largest absolute Gasteiger partial charge is 0.332 e. The number of pyridine rings is 1. The summed E-state index contributed by atoms with van der Waals surface area (Å²) in [5.74, 6) is 0.208. The monoisotopic (exact) mass is 601 g/mol. The Bertz CT molecular complexity index is 1730. The van der Waals surface area contributed by atoms with E-state index in [1.165, 1.54) is 16.5 Å². The molecule has 1 aromatic carbocycles. The summed E-state index contributed by atoms with van der Waals surface area (Å²) in [6, 6.07) is 6.71. The fraction of sp³-hybridized carbons (Fsp3) is 0.276. The van der Waals surface area contributed by atoms with E-state index in [9.17, 15) is 14.4 Å². The highest BCUT2D eigenvalue weighted by atomic mass is 79.9. The van der Waals surface area contributed by atoms with Gasteiger partial charge < -0.3 is 10.2 Å². The maximum atomic E-state index is 13.3. The number of halogens is 1. The van der Waals surface area contributed by atoms with Gasteiger partial charge in [-0.25, -0.2) is 15.0 Å². The van der Waals surface area contributed by atoms with E-state index in [0.717, 1.165) is 27.9 Å². The van der Waals surface area contributed by atoms with Crippen LogP contribution in [0.25, 0.3) is 28.1 Å². The van der Waals surface area contributed by atoms with Gasteiger partial charge in [0, 0.05) is 37.5 Å². The summed E-state index contributed by atoms with van der Waals surface area (Å²) in [5, 5.41) is 7.95. The Hall–Kier alpha value is -4.25. The molecular weight excluding hydrogens is 574 g/mol. The number of aromatic nitrogens is 5. The highest BCUT2D eigenvalue weighted by Crippen LogP contribution is 2.35. The second kappa shape index (κ2) is 10.7. The smallest absolute Gasteiger partial charge is 0.248 e. The first-order valence-corrected chi connectivity index (χ1v) is 13.6. The highest BCUT2D eigenvalue weighted by molar-refractivity contribution is 9.10. The van der Waals surface area contributed by atoms with Crippen LogP contribution in [0.3, 0.4) is 0 Å². The number of Topliss-reactive ketones (excluding diaryl/α,β-unsaturated/α-hetero) is 1. The van der Waals surface area contributed by atoms with Gasteiger partial charge >= 0.3 is 0 Å². The lowest BCUT2D eigenvalue weighted by molar-refractivity contribution is -0.137. The predicted molar refractivity (Wildman–Crippen MR) is 156 cm³/mol. The van der Waals surface area contributed by atoms with E-state index >= 15 is 0 Å². The molecule has 2 amide bonds. The Balaban J connectivity index is 1.45. The number of carbonyl (C=O) groups is 3. The van der Waals surface area contributed by atoms with Crippen molar-refractivity contribution in [2.24, 2.45) is 0 Å². The Morgan fingerprint density at radius 1 is 1.15 bits per heavy atom. The maximum Gasteiger partial charge on any atom is 0.248 e. The predicted octanol–water partition coefficient (Wildman–Crippen LogP) is 4.53. The number of hydrogen-bond acceptors (Lipinski definition) is 7. The van der Waals surface area contributed by atoms with Gasteiger partial charge in [-0.05, 0) is 71.6 Å². The molecule has 3 aromatic heterocycles. The number of anilines is 1. The maximum absolute atomic E-state index is 13.3. The number of hydrogen-bond donors (Lipinski definition) is 1. The van der Waals surface area contributed by atoms with Crippen LogP contribution in [0, 0.1) is 13.8 Å².